The van der Waals surface area contributed by atoms with Crippen molar-refractivity contribution >= 4 is 11.8 Å². The van der Waals surface area contributed by atoms with Gasteiger partial charge in [0, 0.05) is 5.56 Å². The Morgan fingerprint density at radius 2 is 2.14 bits per heavy atom. The second-order valence-electron chi connectivity index (χ2n) is 4.47. The van der Waals surface area contributed by atoms with Crippen LogP contribution in [0.5, 0.6) is 0 Å². The Bertz CT molecular complexity index is 546. The zero-order valence-electron chi connectivity index (χ0n) is 11.5. The molecule has 21 heavy (non-hydrogen) atoms. The maximum Gasteiger partial charge on any atom is 0.268 e. The van der Waals surface area contributed by atoms with E-state index in [4.69, 9.17) is 5.21 Å². The summed E-state index contributed by atoms with van der Waals surface area (Å²) >= 11 is 0. The number of allylic oxidation sites excluding steroid dienone is 1. The molecule has 0 heterocycles. The van der Waals surface area contributed by atoms with Crippen molar-refractivity contribution in [1.29, 1.82) is 0 Å². The molecule has 0 fully saturated rings. The molecule has 4 N–H and O–H groups in total. The maximum absolute atomic E-state index is 13.5. The number of amides is 2. The standard InChI is InChI=1S/C14H17FN2O4/c1-3-4-9-7-10(5-6-11(9)15)13(19)16-12(8(2)18)14(20)17-21/h3,5-8,12,18,21H,1,4H2,2H3,(H,16,19)(H,17,20)/t8-,12-/m0/s1. The highest BCUT2D eigenvalue weighted by Gasteiger charge is 2.25. The quantitative estimate of drug-likeness (QED) is 0.350. The lowest BCUT2D eigenvalue weighted by molar-refractivity contribution is -0.133. The van der Waals surface area contributed by atoms with Crippen molar-refractivity contribution in [2.75, 3.05) is 0 Å². The summed E-state index contributed by atoms with van der Waals surface area (Å²) in [5.41, 5.74) is 1.78. The molecular weight excluding hydrogens is 279 g/mol. The summed E-state index contributed by atoms with van der Waals surface area (Å²) in [6.45, 7) is 4.78. The van der Waals surface area contributed by atoms with E-state index in [1.54, 1.807) is 0 Å². The van der Waals surface area contributed by atoms with Crippen LogP contribution in [0.15, 0.2) is 30.9 Å². The monoisotopic (exact) mass is 296 g/mol. The van der Waals surface area contributed by atoms with Gasteiger partial charge in [-0.15, -0.1) is 6.58 Å². The van der Waals surface area contributed by atoms with E-state index in [9.17, 15) is 19.1 Å². The van der Waals surface area contributed by atoms with E-state index in [1.807, 2.05) is 0 Å². The van der Waals surface area contributed by atoms with E-state index in [0.29, 0.717) is 0 Å². The number of carbonyl (C=O) groups is 2. The summed E-state index contributed by atoms with van der Waals surface area (Å²) in [4.78, 5) is 23.4. The SMILES string of the molecule is C=CCc1cc(C(=O)N[C@H](C(=O)NO)[C@H](C)O)ccc1F. The van der Waals surface area contributed by atoms with Crippen LogP contribution in [0.4, 0.5) is 4.39 Å². The molecule has 2 amide bonds. The summed E-state index contributed by atoms with van der Waals surface area (Å²) in [6.07, 6.45) is 0.538. The van der Waals surface area contributed by atoms with E-state index >= 15 is 0 Å². The van der Waals surface area contributed by atoms with Crippen molar-refractivity contribution in [3.05, 3.63) is 47.8 Å². The Labute approximate surface area is 121 Å². The second kappa shape index (κ2) is 7.51. The Morgan fingerprint density at radius 1 is 1.48 bits per heavy atom. The topological polar surface area (TPSA) is 98.7 Å². The number of nitrogens with one attached hydrogen (secondary N) is 2. The molecule has 1 rings (SSSR count). The number of hydrogen-bond donors (Lipinski definition) is 4. The van der Waals surface area contributed by atoms with Gasteiger partial charge in [0.05, 0.1) is 6.10 Å². The first-order valence-corrected chi connectivity index (χ1v) is 6.23. The lowest BCUT2D eigenvalue weighted by Crippen LogP contribution is -2.51. The Morgan fingerprint density at radius 3 is 2.67 bits per heavy atom. The first-order valence-electron chi connectivity index (χ1n) is 6.23. The van der Waals surface area contributed by atoms with Gasteiger partial charge in [-0.25, -0.2) is 9.87 Å². The van der Waals surface area contributed by atoms with Crippen LogP contribution in [-0.4, -0.2) is 34.3 Å². The van der Waals surface area contributed by atoms with Crippen LogP contribution >= 0.6 is 0 Å². The van der Waals surface area contributed by atoms with Gasteiger partial charge >= 0.3 is 0 Å². The minimum Gasteiger partial charge on any atom is -0.391 e. The third-order valence-corrected chi connectivity index (χ3v) is 2.83. The van der Waals surface area contributed by atoms with Crippen molar-refractivity contribution in [2.45, 2.75) is 25.5 Å². The number of hydroxylamine groups is 1. The highest BCUT2D eigenvalue weighted by molar-refractivity contribution is 5.97. The average molecular weight is 296 g/mol. The van der Waals surface area contributed by atoms with Gasteiger partial charge in [0.2, 0.25) is 0 Å². The Hall–Kier alpha value is -2.25. The number of aliphatic hydroxyl groups is 1. The fourth-order valence-corrected chi connectivity index (χ4v) is 1.73. The van der Waals surface area contributed by atoms with Crippen LogP contribution in [0.25, 0.3) is 0 Å². The van der Waals surface area contributed by atoms with Gasteiger partial charge in [-0.2, -0.15) is 0 Å². The minimum absolute atomic E-state index is 0.129. The molecule has 114 valence electrons. The van der Waals surface area contributed by atoms with Gasteiger partial charge in [0.15, 0.2) is 0 Å². The normalized spacial score (nSPS) is 13.1. The molecule has 0 bridgehead atoms. The third kappa shape index (κ3) is 4.37. The van der Waals surface area contributed by atoms with Gasteiger partial charge in [-0.3, -0.25) is 14.8 Å². The van der Waals surface area contributed by atoms with Crippen molar-refractivity contribution in [3.63, 3.8) is 0 Å². The highest BCUT2D eigenvalue weighted by atomic mass is 19.1. The van der Waals surface area contributed by atoms with Crippen molar-refractivity contribution in [2.24, 2.45) is 0 Å². The molecule has 0 aromatic heterocycles. The number of benzene rings is 1. The summed E-state index contributed by atoms with van der Waals surface area (Å²) in [7, 11) is 0. The molecule has 6 nitrogen and oxygen atoms in total. The summed E-state index contributed by atoms with van der Waals surface area (Å²) in [6, 6.07) is 2.41. The van der Waals surface area contributed by atoms with Gasteiger partial charge in [-0.1, -0.05) is 6.08 Å². The van der Waals surface area contributed by atoms with Crippen LogP contribution in [0.2, 0.25) is 0 Å². The molecule has 1 aromatic rings. The van der Waals surface area contributed by atoms with E-state index in [0.717, 1.165) is 6.07 Å². The highest BCUT2D eigenvalue weighted by Crippen LogP contribution is 2.12. The smallest absolute Gasteiger partial charge is 0.268 e. The van der Waals surface area contributed by atoms with E-state index in [1.165, 1.54) is 30.6 Å². The van der Waals surface area contributed by atoms with Gasteiger partial charge < -0.3 is 10.4 Å². The van der Waals surface area contributed by atoms with Crippen LogP contribution in [0.3, 0.4) is 0 Å². The fourth-order valence-electron chi connectivity index (χ4n) is 1.73. The van der Waals surface area contributed by atoms with E-state index < -0.39 is 29.8 Å². The molecule has 0 saturated heterocycles. The van der Waals surface area contributed by atoms with Crippen LogP contribution < -0.4 is 10.8 Å². The van der Waals surface area contributed by atoms with Crippen LogP contribution in [0.1, 0.15) is 22.8 Å². The molecule has 0 aliphatic carbocycles. The van der Waals surface area contributed by atoms with E-state index in [-0.39, 0.29) is 17.5 Å². The number of halogens is 1. The number of carbonyl (C=O) groups excluding carboxylic acids is 2. The third-order valence-electron chi connectivity index (χ3n) is 2.83. The van der Waals surface area contributed by atoms with Gasteiger partial charge in [-0.05, 0) is 37.1 Å². The maximum atomic E-state index is 13.5. The Kier molecular flexibility index (Phi) is 6.01. The fraction of sp³-hybridized carbons (Fsp3) is 0.286. The predicted molar refractivity (Wildman–Crippen MR) is 73.2 cm³/mol. The largest absolute Gasteiger partial charge is 0.391 e. The van der Waals surface area contributed by atoms with Gasteiger partial charge in [0.1, 0.15) is 11.9 Å². The van der Waals surface area contributed by atoms with E-state index in [2.05, 4.69) is 11.9 Å². The first-order chi connectivity index (χ1) is 9.90. The molecule has 0 spiro atoms. The molecule has 2 atom stereocenters. The van der Waals surface area contributed by atoms with Crippen LogP contribution in [0, 0.1) is 5.82 Å². The molecule has 0 aliphatic rings. The molecule has 1 aromatic carbocycles. The molecule has 0 saturated carbocycles. The number of aliphatic hydroxyl groups excluding tert-OH is 1. The van der Waals surface area contributed by atoms with Crippen LogP contribution in [-0.2, 0) is 11.2 Å². The van der Waals surface area contributed by atoms with Crippen molar-refractivity contribution in [3.8, 4) is 0 Å². The van der Waals surface area contributed by atoms with Crippen molar-refractivity contribution in [1.82, 2.24) is 10.8 Å². The molecule has 7 heteroatoms. The molecule has 0 aliphatic heterocycles. The zero-order chi connectivity index (χ0) is 16.0. The summed E-state index contributed by atoms with van der Waals surface area (Å²) in [5, 5.41) is 20.3. The molecule has 0 unspecified atom stereocenters. The number of hydrogen-bond acceptors (Lipinski definition) is 4. The second-order valence-corrected chi connectivity index (χ2v) is 4.47. The number of rotatable bonds is 6. The molecule has 0 radical (unpaired) electrons. The van der Waals surface area contributed by atoms with Crippen molar-refractivity contribution < 1.29 is 24.3 Å². The summed E-state index contributed by atoms with van der Waals surface area (Å²) < 4.78 is 13.5. The zero-order valence-corrected chi connectivity index (χ0v) is 11.5. The van der Waals surface area contributed by atoms with Gasteiger partial charge in [0.25, 0.3) is 11.8 Å². The average Bonchev–Trinajstić information content (AvgIpc) is 2.45. The summed E-state index contributed by atoms with van der Waals surface area (Å²) in [5.74, 6) is -2.09. The predicted octanol–water partition coefficient (Wildman–Crippen LogP) is 0.539. The first kappa shape index (κ1) is 16.8. The lowest BCUT2D eigenvalue weighted by Gasteiger charge is -2.19. The minimum atomic E-state index is -1.32. The Balaban J connectivity index is 2.95. The lowest BCUT2D eigenvalue weighted by atomic mass is 10.1. The molecular formula is C14H17FN2O4.